The first kappa shape index (κ1) is 11.4. The van der Waals surface area contributed by atoms with Crippen molar-refractivity contribution in [3.8, 4) is 5.75 Å². The van der Waals surface area contributed by atoms with E-state index < -0.39 is 0 Å². The van der Waals surface area contributed by atoms with Crippen LogP contribution in [0.15, 0.2) is 42.7 Å². The van der Waals surface area contributed by atoms with Gasteiger partial charge >= 0.3 is 0 Å². The molecule has 1 aromatic heterocycles. The molecule has 0 amide bonds. The zero-order chi connectivity index (χ0) is 12.3. The zero-order valence-electron chi connectivity index (χ0n) is 9.39. The van der Waals surface area contributed by atoms with Crippen LogP contribution in [0.2, 0.25) is 0 Å². The Bertz CT molecular complexity index is 502. The van der Waals surface area contributed by atoms with Crippen molar-refractivity contribution in [3.63, 3.8) is 0 Å². The van der Waals surface area contributed by atoms with Gasteiger partial charge in [0.05, 0.1) is 11.7 Å². The van der Waals surface area contributed by atoms with Gasteiger partial charge in [-0.1, -0.05) is 0 Å². The van der Waals surface area contributed by atoms with Crippen molar-refractivity contribution in [2.75, 3.05) is 5.32 Å². The SMILES string of the molecule is CC(Nc1cccnc1)c1cc(F)ccc1O. The summed E-state index contributed by atoms with van der Waals surface area (Å²) in [7, 11) is 0. The lowest BCUT2D eigenvalue weighted by Crippen LogP contribution is -2.07. The van der Waals surface area contributed by atoms with Crippen LogP contribution in [0, 0.1) is 5.82 Å². The van der Waals surface area contributed by atoms with Crippen LogP contribution in [-0.2, 0) is 0 Å². The van der Waals surface area contributed by atoms with Gasteiger partial charge in [0.25, 0.3) is 0 Å². The van der Waals surface area contributed by atoms with E-state index in [-0.39, 0.29) is 17.6 Å². The molecule has 1 aromatic carbocycles. The Kier molecular flexibility index (Phi) is 3.23. The van der Waals surface area contributed by atoms with E-state index in [1.54, 1.807) is 18.5 Å². The van der Waals surface area contributed by atoms with Crippen molar-refractivity contribution in [3.05, 3.63) is 54.1 Å². The molecule has 0 saturated heterocycles. The van der Waals surface area contributed by atoms with Crippen LogP contribution in [-0.4, -0.2) is 10.1 Å². The second-order valence-corrected chi connectivity index (χ2v) is 3.81. The van der Waals surface area contributed by atoms with Gasteiger partial charge in [0.1, 0.15) is 11.6 Å². The van der Waals surface area contributed by atoms with E-state index in [1.807, 2.05) is 13.0 Å². The molecule has 88 valence electrons. The summed E-state index contributed by atoms with van der Waals surface area (Å²) in [6, 6.07) is 7.38. The van der Waals surface area contributed by atoms with Crippen molar-refractivity contribution >= 4 is 5.69 Å². The van der Waals surface area contributed by atoms with E-state index in [4.69, 9.17) is 0 Å². The summed E-state index contributed by atoms with van der Waals surface area (Å²) in [5, 5.41) is 12.8. The van der Waals surface area contributed by atoms with Crippen LogP contribution in [0.5, 0.6) is 5.75 Å². The molecule has 2 aromatic rings. The third kappa shape index (κ3) is 2.72. The monoisotopic (exact) mass is 232 g/mol. The molecule has 1 unspecified atom stereocenters. The predicted molar refractivity (Wildman–Crippen MR) is 64.3 cm³/mol. The minimum Gasteiger partial charge on any atom is -0.508 e. The maximum Gasteiger partial charge on any atom is 0.123 e. The van der Waals surface area contributed by atoms with Gasteiger partial charge in [0, 0.05) is 18.0 Å². The Morgan fingerprint density at radius 2 is 2.18 bits per heavy atom. The van der Waals surface area contributed by atoms with Crippen LogP contribution >= 0.6 is 0 Å². The Hall–Kier alpha value is -2.10. The number of hydrogen-bond acceptors (Lipinski definition) is 3. The van der Waals surface area contributed by atoms with Crippen LogP contribution in [0.4, 0.5) is 10.1 Å². The highest BCUT2D eigenvalue weighted by Gasteiger charge is 2.11. The zero-order valence-corrected chi connectivity index (χ0v) is 9.39. The minimum absolute atomic E-state index is 0.0790. The van der Waals surface area contributed by atoms with E-state index in [0.29, 0.717) is 5.56 Å². The number of phenols is 1. The van der Waals surface area contributed by atoms with Gasteiger partial charge in [0.15, 0.2) is 0 Å². The van der Waals surface area contributed by atoms with E-state index in [1.165, 1.54) is 18.2 Å². The molecule has 2 N–H and O–H groups in total. The van der Waals surface area contributed by atoms with Crippen LogP contribution in [0.3, 0.4) is 0 Å². The minimum atomic E-state index is -0.363. The molecule has 0 radical (unpaired) electrons. The molecule has 0 aliphatic carbocycles. The number of aromatic nitrogens is 1. The van der Waals surface area contributed by atoms with Gasteiger partial charge in [-0.2, -0.15) is 0 Å². The number of nitrogens with one attached hydrogen (secondary N) is 1. The number of anilines is 1. The molecule has 0 bridgehead atoms. The van der Waals surface area contributed by atoms with Gasteiger partial charge in [-0.3, -0.25) is 4.98 Å². The fraction of sp³-hybridized carbons (Fsp3) is 0.154. The fourth-order valence-electron chi connectivity index (χ4n) is 1.65. The Morgan fingerprint density at radius 3 is 2.88 bits per heavy atom. The molecule has 1 heterocycles. The van der Waals surface area contributed by atoms with Gasteiger partial charge in [-0.25, -0.2) is 4.39 Å². The van der Waals surface area contributed by atoms with Gasteiger partial charge < -0.3 is 10.4 Å². The van der Waals surface area contributed by atoms with Crippen molar-refractivity contribution in [2.24, 2.45) is 0 Å². The maximum absolute atomic E-state index is 13.1. The van der Waals surface area contributed by atoms with Gasteiger partial charge in [-0.15, -0.1) is 0 Å². The normalized spacial score (nSPS) is 12.1. The number of halogens is 1. The lowest BCUT2D eigenvalue weighted by molar-refractivity contribution is 0.462. The predicted octanol–water partition coefficient (Wildman–Crippen LogP) is 3.10. The first-order valence-electron chi connectivity index (χ1n) is 5.32. The summed E-state index contributed by atoms with van der Waals surface area (Å²) in [6.45, 7) is 1.85. The van der Waals surface area contributed by atoms with Crippen molar-refractivity contribution in [1.29, 1.82) is 0 Å². The van der Waals surface area contributed by atoms with Crippen molar-refractivity contribution in [1.82, 2.24) is 4.98 Å². The smallest absolute Gasteiger partial charge is 0.123 e. The summed E-state index contributed by atoms with van der Waals surface area (Å²) >= 11 is 0. The van der Waals surface area contributed by atoms with Crippen molar-refractivity contribution in [2.45, 2.75) is 13.0 Å². The standard InChI is InChI=1S/C13H13FN2O/c1-9(16-11-3-2-6-15-8-11)12-7-10(14)4-5-13(12)17/h2-9,16-17H,1H3. The molecule has 2 rings (SSSR count). The molecular formula is C13H13FN2O. The van der Waals surface area contributed by atoms with Crippen molar-refractivity contribution < 1.29 is 9.50 Å². The molecule has 17 heavy (non-hydrogen) atoms. The lowest BCUT2D eigenvalue weighted by atomic mass is 10.1. The number of nitrogens with zero attached hydrogens (tertiary/aromatic N) is 1. The fourth-order valence-corrected chi connectivity index (χ4v) is 1.65. The molecule has 0 aliphatic heterocycles. The summed E-state index contributed by atoms with van der Waals surface area (Å²) < 4.78 is 13.1. The highest BCUT2D eigenvalue weighted by Crippen LogP contribution is 2.27. The summed E-state index contributed by atoms with van der Waals surface area (Å²) in [5.41, 5.74) is 1.34. The number of aromatic hydroxyl groups is 1. The molecule has 3 nitrogen and oxygen atoms in total. The first-order valence-corrected chi connectivity index (χ1v) is 5.32. The van der Waals surface area contributed by atoms with Gasteiger partial charge in [0.2, 0.25) is 0 Å². The highest BCUT2D eigenvalue weighted by molar-refractivity contribution is 5.45. The number of rotatable bonds is 3. The topological polar surface area (TPSA) is 45.2 Å². The number of pyridine rings is 1. The van der Waals surface area contributed by atoms with E-state index >= 15 is 0 Å². The lowest BCUT2D eigenvalue weighted by Gasteiger charge is -2.16. The average Bonchev–Trinajstić information content (AvgIpc) is 2.33. The summed E-state index contributed by atoms with van der Waals surface area (Å²) in [4.78, 5) is 3.97. The molecule has 4 heteroatoms. The summed E-state index contributed by atoms with van der Waals surface area (Å²) in [5.74, 6) is -0.284. The Labute approximate surface area is 98.9 Å². The largest absolute Gasteiger partial charge is 0.508 e. The van der Waals surface area contributed by atoms with E-state index in [2.05, 4.69) is 10.3 Å². The Balaban J connectivity index is 2.20. The second-order valence-electron chi connectivity index (χ2n) is 3.81. The Morgan fingerprint density at radius 1 is 1.35 bits per heavy atom. The molecular weight excluding hydrogens is 219 g/mol. The molecule has 0 spiro atoms. The molecule has 1 atom stereocenters. The number of benzene rings is 1. The quantitative estimate of drug-likeness (QED) is 0.854. The summed E-state index contributed by atoms with van der Waals surface area (Å²) in [6.07, 6.45) is 3.35. The third-order valence-electron chi connectivity index (χ3n) is 2.50. The van der Waals surface area contributed by atoms with Crippen LogP contribution < -0.4 is 5.32 Å². The molecule has 0 fully saturated rings. The first-order chi connectivity index (χ1) is 8.16. The van der Waals surface area contributed by atoms with Crippen LogP contribution in [0.1, 0.15) is 18.5 Å². The third-order valence-corrected chi connectivity index (χ3v) is 2.50. The number of hydrogen-bond donors (Lipinski definition) is 2. The maximum atomic E-state index is 13.1. The highest BCUT2D eigenvalue weighted by atomic mass is 19.1. The number of phenolic OH excluding ortho intramolecular Hbond substituents is 1. The van der Waals surface area contributed by atoms with E-state index in [9.17, 15) is 9.50 Å². The average molecular weight is 232 g/mol. The van der Waals surface area contributed by atoms with Gasteiger partial charge in [-0.05, 0) is 37.3 Å². The molecule has 0 saturated carbocycles. The van der Waals surface area contributed by atoms with E-state index in [0.717, 1.165) is 5.69 Å². The second kappa shape index (κ2) is 4.82. The van der Waals surface area contributed by atoms with Crippen LogP contribution in [0.25, 0.3) is 0 Å². The molecule has 0 aliphatic rings.